The van der Waals surface area contributed by atoms with Gasteiger partial charge in [-0.25, -0.2) is 9.37 Å². The van der Waals surface area contributed by atoms with Crippen molar-refractivity contribution in [3.05, 3.63) is 51.2 Å². The van der Waals surface area contributed by atoms with Crippen molar-refractivity contribution < 1.29 is 4.39 Å². The van der Waals surface area contributed by atoms with Crippen molar-refractivity contribution in [3.8, 4) is 11.4 Å². The molecule has 0 saturated carbocycles. The summed E-state index contributed by atoms with van der Waals surface area (Å²) in [6.45, 7) is 0. The van der Waals surface area contributed by atoms with Gasteiger partial charge in [0.2, 0.25) is 0 Å². The number of benzene rings is 2. The molecule has 2 nitrogen and oxygen atoms in total. The first-order valence-corrected chi connectivity index (χ1v) is 6.83. The standard InChI is InChI=1S/C13H7Br2FN2/c14-8-2-4-11-12(6-8)18-13(17-11)7-1-3-9(15)10(16)5-7/h1-6H,(H,17,18). The minimum Gasteiger partial charge on any atom is -0.338 e. The second kappa shape index (κ2) is 4.48. The number of imidazole rings is 1. The fraction of sp³-hybridized carbons (Fsp3) is 0. The van der Waals surface area contributed by atoms with E-state index in [4.69, 9.17) is 0 Å². The summed E-state index contributed by atoms with van der Waals surface area (Å²) >= 11 is 6.54. The van der Waals surface area contributed by atoms with Gasteiger partial charge < -0.3 is 4.98 Å². The Balaban J connectivity index is 2.16. The molecule has 1 N–H and O–H groups in total. The average Bonchev–Trinajstić information content (AvgIpc) is 2.75. The van der Waals surface area contributed by atoms with Gasteiger partial charge in [-0.05, 0) is 52.3 Å². The molecule has 0 fully saturated rings. The van der Waals surface area contributed by atoms with E-state index in [-0.39, 0.29) is 5.82 Å². The van der Waals surface area contributed by atoms with Crippen LogP contribution in [0.5, 0.6) is 0 Å². The maximum Gasteiger partial charge on any atom is 0.138 e. The van der Waals surface area contributed by atoms with Gasteiger partial charge in [0.15, 0.2) is 0 Å². The predicted molar refractivity (Wildman–Crippen MR) is 76.9 cm³/mol. The van der Waals surface area contributed by atoms with E-state index in [2.05, 4.69) is 41.8 Å². The van der Waals surface area contributed by atoms with Gasteiger partial charge in [-0.15, -0.1) is 0 Å². The lowest BCUT2D eigenvalue weighted by Gasteiger charge is -1.98. The van der Waals surface area contributed by atoms with Crippen molar-refractivity contribution >= 4 is 42.9 Å². The van der Waals surface area contributed by atoms with E-state index in [1.54, 1.807) is 6.07 Å². The van der Waals surface area contributed by atoms with E-state index >= 15 is 0 Å². The number of hydrogen-bond acceptors (Lipinski definition) is 1. The maximum atomic E-state index is 13.5. The molecule has 0 atom stereocenters. The molecule has 0 spiro atoms. The number of nitrogens with zero attached hydrogens (tertiary/aromatic N) is 1. The quantitative estimate of drug-likeness (QED) is 0.649. The molecule has 0 aliphatic heterocycles. The second-order valence-electron chi connectivity index (χ2n) is 3.88. The van der Waals surface area contributed by atoms with Crippen molar-refractivity contribution in [2.24, 2.45) is 0 Å². The molecule has 0 amide bonds. The SMILES string of the molecule is Fc1cc(-c2nc3ccc(Br)cc3[nH]2)ccc1Br. The number of rotatable bonds is 1. The topological polar surface area (TPSA) is 28.7 Å². The third-order valence-electron chi connectivity index (χ3n) is 2.64. The Morgan fingerprint density at radius 3 is 2.67 bits per heavy atom. The molecule has 0 radical (unpaired) electrons. The van der Waals surface area contributed by atoms with Crippen LogP contribution in [0.2, 0.25) is 0 Å². The number of aromatic amines is 1. The summed E-state index contributed by atoms with van der Waals surface area (Å²) in [6, 6.07) is 10.7. The molecular weight excluding hydrogens is 363 g/mol. The van der Waals surface area contributed by atoms with Gasteiger partial charge in [0.25, 0.3) is 0 Å². The molecule has 0 saturated heterocycles. The maximum absolute atomic E-state index is 13.5. The average molecular weight is 370 g/mol. The molecule has 2 aromatic carbocycles. The Labute approximate surface area is 119 Å². The van der Waals surface area contributed by atoms with Crippen molar-refractivity contribution in [1.82, 2.24) is 9.97 Å². The number of aromatic nitrogens is 2. The predicted octanol–water partition coefficient (Wildman–Crippen LogP) is 4.89. The summed E-state index contributed by atoms with van der Waals surface area (Å²) in [5, 5.41) is 0. The van der Waals surface area contributed by atoms with Crippen molar-refractivity contribution in [1.29, 1.82) is 0 Å². The Morgan fingerprint density at radius 2 is 1.89 bits per heavy atom. The Kier molecular flexibility index (Phi) is 2.95. The Morgan fingerprint density at radius 1 is 1.06 bits per heavy atom. The van der Waals surface area contributed by atoms with Crippen LogP contribution >= 0.6 is 31.9 Å². The highest BCUT2D eigenvalue weighted by atomic mass is 79.9. The fourth-order valence-corrected chi connectivity index (χ4v) is 2.37. The van der Waals surface area contributed by atoms with E-state index in [0.29, 0.717) is 10.3 Å². The monoisotopic (exact) mass is 368 g/mol. The molecule has 90 valence electrons. The van der Waals surface area contributed by atoms with Crippen molar-refractivity contribution in [2.45, 2.75) is 0 Å². The van der Waals surface area contributed by atoms with Crippen LogP contribution in [0.4, 0.5) is 4.39 Å². The van der Waals surface area contributed by atoms with Gasteiger partial charge in [-0.3, -0.25) is 0 Å². The molecule has 18 heavy (non-hydrogen) atoms. The number of H-pyrrole nitrogens is 1. The zero-order valence-electron chi connectivity index (χ0n) is 9.05. The van der Waals surface area contributed by atoms with E-state index in [0.717, 1.165) is 21.1 Å². The largest absolute Gasteiger partial charge is 0.338 e. The molecule has 0 bridgehead atoms. The van der Waals surface area contributed by atoms with Gasteiger partial charge in [0.1, 0.15) is 11.6 Å². The van der Waals surface area contributed by atoms with Crippen LogP contribution in [0.15, 0.2) is 45.3 Å². The summed E-state index contributed by atoms with van der Waals surface area (Å²) in [6.07, 6.45) is 0. The number of fused-ring (bicyclic) bond motifs is 1. The lowest BCUT2D eigenvalue weighted by atomic mass is 10.2. The molecule has 3 rings (SSSR count). The van der Waals surface area contributed by atoms with Crippen LogP contribution in [-0.2, 0) is 0 Å². The summed E-state index contributed by atoms with van der Waals surface area (Å²) in [5.74, 6) is 0.364. The molecule has 5 heteroatoms. The Hall–Kier alpha value is -1.20. The summed E-state index contributed by atoms with van der Waals surface area (Å²) < 4.78 is 14.9. The van der Waals surface area contributed by atoms with Gasteiger partial charge in [0, 0.05) is 10.0 Å². The van der Waals surface area contributed by atoms with Crippen LogP contribution in [0.1, 0.15) is 0 Å². The van der Waals surface area contributed by atoms with Gasteiger partial charge in [0.05, 0.1) is 15.5 Å². The van der Waals surface area contributed by atoms with Crippen molar-refractivity contribution in [2.75, 3.05) is 0 Å². The van der Waals surface area contributed by atoms with Crippen LogP contribution in [0, 0.1) is 5.82 Å². The third-order valence-corrected chi connectivity index (χ3v) is 3.77. The van der Waals surface area contributed by atoms with Gasteiger partial charge in [-0.1, -0.05) is 15.9 Å². The molecular formula is C13H7Br2FN2. The first-order chi connectivity index (χ1) is 8.63. The molecule has 0 aliphatic carbocycles. The minimum atomic E-state index is -0.297. The highest BCUT2D eigenvalue weighted by Gasteiger charge is 2.08. The van der Waals surface area contributed by atoms with Gasteiger partial charge in [-0.2, -0.15) is 0 Å². The Bertz CT molecular complexity index is 737. The second-order valence-corrected chi connectivity index (χ2v) is 5.65. The number of hydrogen-bond donors (Lipinski definition) is 1. The molecule has 1 aromatic heterocycles. The highest BCUT2D eigenvalue weighted by Crippen LogP contribution is 2.25. The van der Waals surface area contributed by atoms with Crippen LogP contribution in [0.25, 0.3) is 22.4 Å². The van der Waals surface area contributed by atoms with Crippen LogP contribution in [0.3, 0.4) is 0 Å². The number of nitrogens with one attached hydrogen (secondary N) is 1. The van der Waals surface area contributed by atoms with Crippen molar-refractivity contribution in [3.63, 3.8) is 0 Å². The highest BCUT2D eigenvalue weighted by molar-refractivity contribution is 9.10. The van der Waals surface area contributed by atoms with E-state index in [1.165, 1.54) is 6.07 Å². The zero-order valence-corrected chi connectivity index (χ0v) is 12.2. The molecule has 0 aliphatic rings. The first-order valence-electron chi connectivity index (χ1n) is 5.24. The summed E-state index contributed by atoms with van der Waals surface area (Å²) in [4.78, 5) is 7.61. The van der Waals surface area contributed by atoms with E-state index in [9.17, 15) is 4.39 Å². The molecule has 1 heterocycles. The number of halogens is 3. The van der Waals surface area contributed by atoms with Crippen LogP contribution in [-0.4, -0.2) is 9.97 Å². The van der Waals surface area contributed by atoms with E-state index < -0.39 is 0 Å². The first kappa shape index (κ1) is 11.9. The summed E-state index contributed by atoms with van der Waals surface area (Å²) in [5.41, 5.74) is 2.50. The molecule has 3 aromatic rings. The van der Waals surface area contributed by atoms with Crippen LogP contribution < -0.4 is 0 Å². The lowest BCUT2D eigenvalue weighted by molar-refractivity contribution is 0.621. The third kappa shape index (κ3) is 2.08. The minimum absolute atomic E-state index is 0.297. The normalized spacial score (nSPS) is 11.1. The molecule has 0 unspecified atom stereocenters. The fourth-order valence-electron chi connectivity index (χ4n) is 1.76. The smallest absolute Gasteiger partial charge is 0.138 e. The lowest BCUT2D eigenvalue weighted by Crippen LogP contribution is -1.83. The van der Waals surface area contributed by atoms with Gasteiger partial charge >= 0.3 is 0 Å². The summed E-state index contributed by atoms with van der Waals surface area (Å²) in [7, 11) is 0. The van der Waals surface area contributed by atoms with E-state index in [1.807, 2.05) is 24.3 Å². The zero-order chi connectivity index (χ0) is 12.7.